The van der Waals surface area contributed by atoms with Crippen LogP contribution in [0.2, 0.25) is 0 Å². The van der Waals surface area contributed by atoms with Crippen molar-refractivity contribution in [3.63, 3.8) is 0 Å². The highest BCUT2D eigenvalue weighted by Gasteiger charge is 2.50. The second kappa shape index (κ2) is 14.3. The number of benzene rings is 2. The van der Waals surface area contributed by atoms with Crippen LogP contribution < -0.4 is 10.1 Å². The first kappa shape index (κ1) is 35.4. The first-order valence-corrected chi connectivity index (χ1v) is 16.4. The summed E-state index contributed by atoms with van der Waals surface area (Å²) >= 11 is 0. The zero-order valence-electron chi connectivity index (χ0n) is 27.3. The summed E-state index contributed by atoms with van der Waals surface area (Å²) in [4.78, 5) is 53.1. The average molecular weight is 670 g/mol. The van der Waals surface area contributed by atoms with Crippen LogP contribution >= 0.6 is 0 Å². The molecule has 2 aliphatic carbocycles. The Bertz CT molecular complexity index is 1600. The van der Waals surface area contributed by atoms with Gasteiger partial charge in [0.25, 0.3) is 0 Å². The number of carbonyl (C=O) groups excluding carboxylic acids is 4. The Balaban J connectivity index is 1.50. The van der Waals surface area contributed by atoms with Gasteiger partial charge in [-0.05, 0) is 19.4 Å². The van der Waals surface area contributed by atoms with Crippen molar-refractivity contribution in [2.75, 3.05) is 13.7 Å². The number of carbonyl (C=O) groups is 4. The summed E-state index contributed by atoms with van der Waals surface area (Å²) in [5, 5.41) is 58.0. The Morgan fingerprint density at radius 1 is 1.04 bits per heavy atom. The van der Waals surface area contributed by atoms with Crippen molar-refractivity contribution in [2.24, 2.45) is 0 Å². The summed E-state index contributed by atoms with van der Waals surface area (Å²) in [5.41, 5.74) is -3.80. The molecule has 1 aliphatic heterocycles. The normalized spacial score (nSPS) is 26.3. The van der Waals surface area contributed by atoms with Gasteiger partial charge in [-0.1, -0.05) is 44.7 Å². The molecule has 1 heterocycles. The number of hydrogen-bond acceptors (Lipinski definition) is 12. The number of methoxy groups -OCH3 is 1. The summed E-state index contributed by atoms with van der Waals surface area (Å²) < 4.78 is 17.4. The Labute approximate surface area is 277 Å². The summed E-state index contributed by atoms with van der Waals surface area (Å²) in [6.45, 7) is 2.64. The number of fused-ring (bicyclic) bond motifs is 3. The second-order valence-electron chi connectivity index (χ2n) is 12.8. The van der Waals surface area contributed by atoms with Gasteiger partial charge in [0.05, 0.1) is 42.0 Å². The van der Waals surface area contributed by atoms with Gasteiger partial charge in [-0.3, -0.25) is 19.2 Å². The highest BCUT2D eigenvalue weighted by molar-refractivity contribution is 6.31. The lowest BCUT2D eigenvalue weighted by Gasteiger charge is -2.43. The van der Waals surface area contributed by atoms with E-state index < -0.39 is 95.7 Å². The number of phenols is 2. The quantitative estimate of drug-likeness (QED) is 0.121. The van der Waals surface area contributed by atoms with Crippen LogP contribution in [0.15, 0.2) is 18.2 Å². The van der Waals surface area contributed by atoms with E-state index in [1.807, 2.05) is 0 Å². The minimum atomic E-state index is -2.29. The van der Waals surface area contributed by atoms with E-state index in [2.05, 4.69) is 12.2 Å². The number of amides is 1. The first-order chi connectivity index (χ1) is 22.9. The molecular weight excluding hydrogens is 626 g/mol. The van der Waals surface area contributed by atoms with Gasteiger partial charge >= 0.3 is 0 Å². The lowest BCUT2D eigenvalue weighted by Crippen LogP contribution is -2.55. The SMILES string of the molecule is CCCCCCCC(=O)NC1CC(O[C@H]2C[C@](O)(C(=O)CO)Cc3c(O)c4c(c(O)c32)C(=O)c2c(OC)cccc2C4=O)OC(C)C1O. The van der Waals surface area contributed by atoms with E-state index in [0.717, 1.165) is 25.7 Å². The molecule has 0 spiro atoms. The van der Waals surface area contributed by atoms with Crippen LogP contribution in [0.4, 0.5) is 0 Å². The van der Waals surface area contributed by atoms with Crippen LogP contribution in [0.25, 0.3) is 0 Å². The van der Waals surface area contributed by atoms with Gasteiger partial charge < -0.3 is 45.1 Å². The molecule has 0 saturated carbocycles. The van der Waals surface area contributed by atoms with Gasteiger partial charge in [-0.15, -0.1) is 0 Å². The number of aromatic hydroxyl groups is 2. The number of unbranched alkanes of at least 4 members (excludes halogenated alkanes) is 4. The summed E-state index contributed by atoms with van der Waals surface area (Å²) in [6.07, 6.45) is -0.567. The number of hydrogen-bond donors (Lipinski definition) is 6. The predicted octanol–water partition coefficient (Wildman–Crippen LogP) is 2.52. The highest BCUT2D eigenvalue weighted by atomic mass is 16.7. The first-order valence-electron chi connectivity index (χ1n) is 16.4. The van der Waals surface area contributed by atoms with Crippen molar-refractivity contribution in [3.8, 4) is 17.2 Å². The molecule has 4 unspecified atom stereocenters. The maximum absolute atomic E-state index is 13.8. The van der Waals surface area contributed by atoms with Crippen molar-refractivity contribution in [2.45, 2.75) is 108 Å². The highest BCUT2D eigenvalue weighted by Crippen LogP contribution is 2.52. The van der Waals surface area contributed by atoms with E-state index in [4.69, 9.17) is 14.2 Å². The number of nitrogens with one attached hydrogen (secondary N) is 1. The number of Topliss-reactive ketones (excluding diaryl/α,β-unsaturated/α-hetero) is 1. The molecule has 6 N–H and O–H groups in total. The smallest absolute Gasteiger partial charge is 0.220 e. The maximum Gasteiger partial charge on any atom is 0.220 e. The maximum atomic E-state index is 13.8. The van der Waals surface area contributed by atoms with Crippen LogP contribution in [0.5, 0.6) is 17.2 Å². The van der Waals surface area contributed by atoms with Crippen molar-refractivity contribution in [1.82, 2.24) is 5.32 Å². The molecule has 13 heteroatoms. The fourth-order valence-corrected chi connectivity index (χ4v) is 7.03. The zero-order valence-corrected chi connectivity index (χ0v) is 27.3. The molecule has 0 bridgehead atoms. The molecule has 260 valence electrons. The fraction of sp³-hybridized carbons (Fsp3) is 0.543. The predicted molar refractivity (Wildman–Crippen MR) is 169 cm³/mol. The lowest BCUT2D eigenvalue weighted by molar-refractivity contribution is -0.249. The van der Waals surface area contributed by atoms with Crippen molar-refractivity contribution < 1.29 is 58.9 Å². The monoisotopic (exact) mass is 669 g/mol. The molecule has 1 saturated heterocycles. The van der Waals surface area contributed by atoms with Crippen molar-refractivity contribution in [1.29, 1.82) is 0 Å². The third kappa shape index (κ3) is 6.45. The molecule has 5 rings (SSSR count). The lowest BCUT2D eigenvalue weighted by atomic mass is 9.72. The van der Waals surface area contributed by atoms with Crippen LogP contribution in [0.3, 0.4) is 0 Å². The molecule has 6 atom stereocenters. The minimum Gasteiger partial charge on any atom is -0.507 e. The van der Waals surface area contributed by atoms with Gasteiger partial charge in [0.15, 0.2) is 17.9 Å². The topological polar surface area (TPSA) is 209 Å². The van der Waals surface area contributed by atoms with E-state index in [1.165, 1.54) is 25.3 Å². The largest absolute Gasteiger partial charge is 0.507 e. The zero-order chi connectivity index (χ0) is 34.9. The fourth-order valence-electron chi connectivity index (χ4n) is 7.03. The standard InChI is InChI=1S/C35H43NO12/c1-4-5-6-7-8-12-24(39)36-20-13-25(47-17(2)30(20)40)48-22-15-35(45,23(38)16-37)14-19-27(22)34(44)29-28(32(19)42)31(41)18-10-9-11-21(46-3)26(18)33(29)43/h9-11,17,20,22,25,30,37,40,42,44-45H,4-8,12-16H2,1-3H3,(H,36,39)/t17?,20?,22-,25?,30?,35-/m0/s1. The molecule has 0 aromatic heterocycles. The van der Waals surface area contributed by atoms with Crippen LogP contribution in [0.1, 0.15) is 114 Å². The van der Waals surface area contributed by atoms with E-state index in [1.54, 1.807) is 6.92 Å². The van der Waals surface area contributed by atoms with Gasteiger partial charge in [0.2, 0.25) is 11.7 Å². The van der Waals surface area contributed by atoms with Crippen LogP contribution in [-0.4, -0.2) is 92.6 Å². The molecule has 1 fully saturated rings. The van der Waals surface area contributed by atoms with Crippen molar-refractivity contribution in [3.05, 3.63) is 51.6 Å². The molecule has 48 heavy (non-hydrogen) atoms. The number of phenolic OH excluding ortho intramolecular Hbond substituents is 2. The number of aliphatic hydroxyl groups is 3. The summed E-state index contributed by atoms with van der Waals surface area (Å²) in [7, 11) is 1.32. The van der Waals surface area contributed by atoms with Crippen molar-refractivity contribution >= 4 is 23.3 Å². The molecule has 2 aromatic carbocycles. The minimum absolute atomic E-state index is 0.0506. The Kier molecular flexibility index (Phi) is 10.6. The average Bonchev–Trinajstić information content (AvgIpc) is 3.06. The van der Waals surface area contributed by atoms with Gasteiger partial charge in [0, 0.05) is 42.4 Å². The summed E-state index contributed by atoms with van der Waals surface area (Å²) in [5.74, 6) is -4.14. The number of ketones is 3. The molecular formula is C35H43NO12. The number of aliphatic hydroxyl groups excluding tert-OH is 2. The number of ether oxygens (including phenoxy) is 3. The molecule has 2 aromatic rings. The van der Waals surface area contributed by atoms with Gasteiger partial charge in [0.1, 0.15) is 35.6 Å². The molecule has 13 nitrogen and oxygen atoms in total. The Morgan fingerprint density at radius 2 is 1.75 bits per heavy atom. The van der Waals surface area contributed by atoms with E-state index in [9.17, 15) is 44.7 Å². The van der Waals surface area contributed by atoms with Gasteiger partial charge in [-0.25, -0.2) is 0 Å². The van der Waals surface area contributed by atoms with Gasteiger partial charge in [-0.2, -0.15) is 0 Å². The molecule has 3 aliphatic rings. The Hall–Kier alpha value is -3.88. The molecule has 0 radical (unpaired) electrons. The summed E-state index contributed by atoms with van der Waals surface area (Å²) in [6, 6.07) is 3.58. The van der Waals surface area contributed by atoms with Crippen LogP contribution in [-0.2, 0) is 25.5 Å². The molecule has 1 amide bonds. The Morgan fingerprint density at radius 3 is 2.44 bits per heavy atom. The van der Waals surface area contributed by atoms with Crippen LogP contribution in [0, 0.1) is 0 Å². The second-order valence-corrected chi connectivity index (χ2v) is 12.8. The third-order valence-corrected chi connectivity index (χ3v) is 9.61. The van der Waals surface area contributed by atoms with E-state index >= 15 is 0 Å². The number of rotatable bonds is 12. The third-order valence-electron chi connectivity index (χ3n) is 9.61. The van der Waals surface area contributed by atoms with E-state index in [-0.39, 0.29) is 46.8 Å². The van der Waals surface area contributed by atoms with E-state index in [0.29, 0.717) is 6.42 Å².